The zero-order valence-electron chi connectivity index (χ0n) is 18.7. The number of carbonyl (C=O) groups excluding carboxylic acids is 3. The number of benzene rings is 2. The van der Waals surface area contributed by atoms with E-state index in [9.17, 15) is 14.4 Å². The number of piperazine rings is 2. The van der Waals surface area contributed by atoms with Crippen molar-refractivity contribution in [3.8, 4) is 0 Å². The van der Waals surface area contributed by atoms with Crippen LogP contribution in [-0.2, 0) is 14.4 Å². The van der Waals surface area contributed by atoms with Gasteiger partial charge < -0.3 is 20.4 Å². The predicted octanol–water partition coefficient (Wildman–Crippen LogP) is 2.58. The fourth-order valence-corrected chi connectivity index (χ4v) is 4.70. The maximum Gasteiger partial charge on any atom is 0.243 e. The van der Waals surface area contributed by atoms with Crippen LogP contribution in [0.1, 0.15) is 6.42 Å². The Hall–Kier alpha value is -2.62. The van der Waals surface area contributed by atoms with E-state index in [1.807, 2.05) is 36.4 Å². The van der Waals surface area contributed by atoms with Gasteiger partial charge in [-0.3, -0.25) is 19.3 Å². The molecule has 180 valence electrons. The van der Waals surface area contributed by atoms with E-state index >= 15 is 0 Å². The summed E-state index contributed by atoms with van der Waals surface area (Å²) in [6.45, 7) is 4.03. The molecule has 2 aliphatic heterocycles. The summed E-state index contributed by atoms with van der Waals surface area (Å²) < 4.78 is 0.905. The second-order valence-corrected chi connectivity index (χ2v) is 9.75. The third kappa shape index (κ3) is 6.28. The molecule has 2 heterocycles. The number of anilines is 2. The molecule has 3 amide bonds. The van der Waals surface area contributed by atoms with Crippen molar-refractivity contribution in [2.45, 2.75) is 12.5 Å². The van der Waals surface area contributed by atoms with Gasteiger partial charge in [0.1, 0.15) is 6.04 Å². The van der Waals surface area contributed by atoms with Crippen molar-refractivity contribution < 1.29 is 14.4 Å². The lowest BCUT2D eigenvalue weighted by Gasteiger charge is -2.39. The SMILES string of the molecule is O=C(C[C@H]1C(=O)NCCN1C(=O)CN1CCN(c2cccc(Cl)c2)CC1)Nc1ccc(Br)cc1. The molecule has 0 saturated carbocycles. The zero-order chi connectivity index (χ0) is 24.1. The molecule has 0 radical (unpaired) electrons. The molecule has 2 N–H and O–H groups in total. The van der Waals surface area contributed by atoms with Gasteiger partial charge in [-0.05, 0) is 42.5 Å². The van der Waals surface area contributed by atoms with E-state index in [1.54, 1.807) is 17.0 Å². The molecule has 34 heavy (non-hydrogen) atoms. The van der Waals surface area contributed by atoms with E-state index in [2.05, 4.69) is 36.4 Å². The van der Waals surface area contributed by atoms with Crippen LogP contribution in [-0.4, -0.2) is 79.4 Å². The molecule has 8 nitrogen and oxygen atoms in total. The Balaban J connectivity index is 1.32. The van der Waals surface area contributed by atoms with Crippen molar-refractivity contribution in [1.82, 2.24) is 15.1 Å². The second kappa shape index (κ2) is 11.2. The molecular formula is C24H27BrClN5O3. The minimum Gasteiger partial charge on any atom is -0.369 e. The molecule has 2 fully saturated rings. The predicted molar refractivity (Wildman–Crippen MR) is 136 cm³/mol. The highest BCUT2D eigenvalue weighted by atomic mass is 79.9. The molecule has 2 saturated heterocycles. The molecule has 4 rings (SSSR count). The molecule has 2 aromatic carbocycles. The largest absolute Gasteiger partial charge is 0.369 e. The Morgan fingerprint density at radius 2 is 1.79 bits per heavy atom. The maximum absolute atomic E-state index is 13.1. The number of hydrogen-bond acceptors (Lipinski definition) is 5. The minimum absolute atomic E-state index is 0.0871. The van der Waals surface area contributed by atoms with Crippen LogP contribution in [0, 0.1) is 0 Å². The van der Waals surface area contributed by atoms with Crippen molar-refractivity contribution >= 4 is 56.6 Å². The Morgan fingerprint density at radius 3 is 2.50 bits per heavy atom. The quantitative estimate of drug-likeness (QED) is 0.580. The lowest BCUT2D eigenvalue weighted by atomic mass is 10.1. The molecular weight excluding hydrogens is 522 g/mol. The highest BCUT2D eigenvalue weighted by molar-refractivity contribution is 9.10. The highest BCUT2D eigenvalue weighted by Crippen LogP contribution is 2.21. The molecule has 0 unspecified atom stereocenters. The molecule has 2 aliphatic rings. The summed E-state index contributed by atoms with van der Waals surface area (Å²) in [6, 6.07) is 14.1. The topological polar surface area (TPSA) is 85.0 Å². The molecule has 2 aromatic rings. The van der Waals surface area contributed by atoms with Gasteiger partial charge in [0.2, 0.25) is 17.7 Å². The summed E-state index contributed by atoms with van der Waals surface area (Å²) in [4.78, 5) is 44.2. The number of halogens is 2. The van der Waals surface area contributed by atoms with E-state index in [4.69, 9.17) is 11.6 Å². The lowest BCUT2D eigenvalue weighted by molar-refractivity contribution is -0.145. The van der Waals surface area contributed by atoms with Gasteiger partial charge in [0.15, 0.2) is 0 Å². The van der Waals surface area contributed by atoms with Crippen LogP contribution >= 0.6 is 27.5 Å². The number of carbonyl (C=O) groups is 3. The van der Waals surface area contributed by atoms with E-state index in [0.717, 1.165) is 36.3 Å². The van der Waals surface area contributed by atoms with Gasteiger partial charge in [-0.2, -0.15) is 0 Å². The van der Waals surface area contributed by atoms with Crippen LogP contribution in [0.3, 0.4) is 0 Å². The standard InChI is InChI=1S/C24H27BrClN5O3/c25-17-4-6-19(7-5-17)28-22(32)15-21-24(34)27-8-9-31(21)23(33)16-29-10-12-30(13-11-29)20-3-1-2-18(26)14-20/h1-7,14,21H,8-13,15-16H2,(H,27,34)(H,28,32)/t21-/m0/s1. The van der Waals surface area contributed by atoms with E-state index in [1.165, 1.54) is 0 Å². The Kier molecular flexibility index (Phi) is 8.07. The minimum atomic E-state index is -0.815. The molecule has 0 aliphatic carbocycles. The van der Waals surface area contributed by atoms with Gasteiger partial charge in [-0.15, -0.1) is 0 Å². The third-order valence-corrected chi connectivity index (χ3v) is 6.83. The summed E-state index contributed by atoms with van der Waals surface area (Å²) in [7, 11) is 0. The number of amides is 3. The first-order valence-electron chi connectivity index (χ1n) is 11.2. The second-order valence-electron chi connectivity index (χ2n) is 8.40. The Bertz CT molecular complexity index is 1040. The Morgan fingerprint density at radius 1 is 1.06 bits per heavy atom. The van der Waals surface area contributed by atoms with Gasteiger partial charge in [-0.25, -0.2) is 0 Å². The van der Waals surface area contributed by atoms with Crippen molar-refractivity contribution in [2.75, 3.05) is 56.0 Å². The normalized spacial score (nSPS) is 19.0. The summed E-state index contributed by atoms with van der Waals surface area (Å²) in [5.74, 6) is -0.735. The van der Waals surface area contributed by atoms with E-state index < -0.39 is 6.04 Å². The van der Waals surface area contributed by atoms with E-state index in [-0.39, 0.29) is 30.7 Å². The number of nitrogens with one attached hydrogen (secondary N) is 2. The number of rotatable bonds is 6. The first-order valence-corrected chi connectivity index (χ1v) is 12.4. The van der Waals surface area contributed by atoms with Gasteiger partial charge >= 0.3 is 0 Å². The average Bonchev–Trinajstić information content (AvgIpc) is 2.82. The van der Waals surface area contributed by atoms with Crippen LogP contribution in [0.5, 0.6) is 0 Å². The molecule has 0 bridgehead atoms. The van der Waals surface area contributed by atoms with Crippen molar-refractivity contribution in [3.63, 3.8) is 0 Å². The van der Waals surface area contributed by atoms with Gasteiger partial charge in [0, 0.05) is 60.1 Å². The zero-order valence-corrected chi connectivity index (χ0v) is 21.0. The van der Waals surface area contributed by atoms with Crippen LogP contribution in [0.15, 0.2) is 53.0 Å². The summed E-state index contributed by atoms with van der Waals surface area (Å²) in [5.41, 5.74) is 1.71. The van der Waals surface area contributed by atoms with Crippen LogP contribution in [0.4, 0.5) is 11.4 Å². The fourth-order valence-electron chi connectivity index (χ4n) is 4.26. The first kappa shape index (κ1) is 24.5. The van der Waals surface area contributed by atoms with Gasteiger partial charge in [0.25, 0.3) is 0 Å². The number of nitrogens with zero attached hydrogens (tertiary/aromatic N) is 3. The number of hydrogen-bond donors (Lipinski definition) is 2. The molecule has 1 atom stereocenters. The average molecular weight is 549 g/mol. The highest BCUT2D eigenvalue weighted by Gasteiger charge is 2.35. The third-order valence-electron chi connectivity index (χ3n) is 6.06. The van der Waals surface area contributed by atoms with Gasteiger partial charge in [0.05, 0.1) is 13.0 Å². The summed E-state index contributed by atoms with van der Waals surface area (Å²) in [5, 5.41) is 6.28. The monoisotopic (exact) mass is 547 g/mol. The van der Waals surface area contributed by atoms with Crippen molar-refractivity contribution in [3.05, 3.63) is 58.0 Å². The first-order chi connectivity index (χ1) is 16.4. The summed E-state index contributed by atoms with van der Waals surface area (Å²) in [6.07, 6.45) is -0.0871. The smallest absolute Gasteiger partial charge is 0.243 e. The van der Waals surface area contributed by atoms with Crippen LogP contribution in [0.25, 0.3) is 0 Å². The van der Waals surface area contributed by atoms with Crippen LogP contribution in [0.2, 0.25) is 5.02 Å². The van der Waals surface area contributed by atoms with Gasteiger partial charge in [-0.1, -0.05) is 33.6 Å². The van der Waals surface area contributed by atoms with Crippen molar-refractivity contribution in [2.24, 2.45) is 0 Å². The van der Waals surface area contributed by atoms with Crippen LogP contribution < -0.4 is 15.5 Å². The molecule has 0 aromatic heterocycles. The van der Waals surface area contributed by atoms with Crippen molar-refractivity contribution in [1.29, 1.82) is 0 Å². The summed E-state index contributed by atoms with van der Waals surface area (Å²) >= 11 is 9.47. The Labute approximate surface area is 212 Å². The fraction of sp³-hybridized carbons (Fsp3) is 0.375. The molecule has 0 spiro atoms. The maximum atomic E-state index is 13.1. The lowest BCUT2D eigenvalue weighted by Crippen LogP contribution is -2.60. The van der Waals surface area contributed by atoms with E-state index in [0.29, 0.717) is 23.8 Å². The molecule has 10 heteroatoms.